The van der Waals surface area contributed by atoms with E-state index >= 15 is 0 Å². The molecule has 7 heteroatoms. The van der Waals surface area contributed by atoms with E-state index in [1.807, 2.05) is 30.9 Å². The summed E-state index contributed by atoms with van der Waals surface area (Å²) in [4.78, 5) is 22.3. The van der Waals surface area contributed by atoms with Gasteiger partial charge in [0.2, 0.25) is 11.8 Å². The van der Waals surface area contributed by atoms with Gasteiger partial charge in [0.05, 0.1) is 17.7 Å². The quantitative estimate of drug-likeness (QED) is 0.853. The molecule has 3 heterocycles. The molecular formula is C21H25N5O2. The minimum absolute atomic E-state index is 0.00945. The van der Waals surface area contributed by atoms with Crippen molar-refractivity contribution in [1.82, 2.24) is 14.9 Å². The Labute approximate surface area is 165 Å². The highest BCUT2D eigenvalue weighted by Gasteiger charge is 2.23. The van der Waals surface area contributed by atoms with E-state index in [0.29, 0.717) is 29.0 Å². The summed E-state index contributed by atoms with van der Waals surface area (Å²) in [7, 11) is 0. The molecule has 1 saturated heterocycles. The van der Waals surface area contributed by atoms with Gasteiger partial charge in [-0.3, -0.25) is 4.79 Å². The fourth-order valence-corrected chi connectivity index (χ4v) is 3.35. The standard InChI is InChI=1S/C21H25N5O2/c1-14(2)28-21-12-18(17-5-8-26(9-6-17)15(3)27)11-20(25-21)24-19-10-16(13-22)4-7-23-19/h4,7,10-12,14,17H,5-6,8-9H2,1-3H3,(H,23,24,25). The number of rotatable bonds is 5. The van der Waals surface area contributed by atoms with E-state index in [2.05, 4.69) is 21.4 Å². The molecule has 2 aromatic heterocycles. The molecule has 28 heavy (non-hydrogen) atoms. The number of anilines is 2. The highest BCUT2D eigenvalue weighted by Crippen LogP contribution is 2.32. The molecule has 0 saturated carbocycles. The molecule has 0 spiro atoms. The third-order valence-electron chi connectivity index (χ3n) is 4.74. The number of carbonyl (C=O) groups excluding carboxylic acids is 1. The Bertz CT molecular complexity index is 883. The van der Waals surface area contributed by atoms with Gasteiger partial charge in [-0.15, -0.1) is 0 Å². The number of aromatic nitrogens is 2. The molecule has 0 unspecified atom stereocenters. The Morgan fingerprint density at radius 3 is 2.68 bits per heavy atom. The van der Waals surface area contributed by atoms with Crippen LogP contribution < -0.4 is 10.1 Å². The van der Waals surface area contributed by atoms with E-state index in [1.165, 1.54) is 0 Å². The summed E-state index contributed by atoms with van der Waals surface area (Å²) >= 11 is 0. The molecule has 7 nitrogen and oxygen atoms in total. The van der Waals surface area contributed by atoms with Crippen LogP contribution in [0.3, 0.4) is 0 Å². The number of amides is 1. The minimum Gasteiger partial charge on any atom is -0.475 e. The fourth-order valence-electron chi connectivity index (χ4n) is 3.35. The Kier molecular flexibility index (Phi) is 6.09. The summed E-state index contributed by atoms with van der Waals surface area (Å²) in [5.74, 6) is 2.21. The Hall–Kier alpha value is -3.14. The summed E-state index contributed by atoms with van der Waals surface area (Å²) < 4.78 is 5.84. The number of ether oxygens (including phenoxy) is 1. The topological polar surface area (TPSA) is 91.1 Å². The maximum atomic E-state index is 11.6. The van der Waals surface area contributed by atoms with Crippen LogP contribution in [0.5, 0.6) is 5.88 Å². The molecule has 1 aliphatic rings. The van der Waals surface area contributed by atoms with Crippen LogP contribution in [0.4, 0.5) is 11.6 Å². The van der Waals surface area contributed by atoms with Gasteiger partial charge in [-0.05, 0) is 56.4 Å². The summed E-state index contributed by atoms with van der Waals surface area (Å²) in [6, 6.07) is 9.44. The average Bonchev–Trinajstić information content (AvgIpc) is 2.67. The lowest BCUT2D eigenvalue weighted by atomic mass is 9.90. The van der Waals surface area contributed by atoms with Crippen LogP contribution in [0.2, 0.25) is 0 Å². The highest BCUT2D eigenvalue weighted by molar-refractivity contribution is 5.73. The lowest BCUT2D eigenvalue weighted by Crippen LogP contribution is -2.36. The largest absolute Gasteiger partial charge is 0.475 e. The fraction of sp³-hybridized carbons (Fsp3) is 0.429. The summed E-state index contributed by atoms with van der Waals surface area (Å²) in [6.07, 6.45) is 3.42. The Balaban J connectivity index is 1.84. The second-order valence-electron chi connectivity index (χ2n) is 7.24. The van der Waals surface area contributed by atoms with Gasteiger partial charge in [0, 0.05) is 32.3 Å². The number of hydrogen-bond donors (Lipinski definition) is 1. The molecular weight excluding hydrogens is 354 g/mol. The number of hydrogen-bond acceptors (Lipinski definition) is 6. The molecule has 2 aromatic rings. The number of piperidine rings is 1. The smallest absolute Gasteiger partial charge is 0.219 e. The van der Waals surface area contributed by atoms with Crippen molar-refractivity contribution in [2.24, 2.45) is 0 Å². The molecule has 0 aliphatic carbocycles. The summed E-state index contributed by atoms with van der Waals surface area (Å²) in [5.41, 5.74) is 1.66. The van der Waals surface area contributed by atoms with Gasteiger partial charge in [0.25, 0.3) is 0 Å². The number of nitriles is 1. The van der Waals surface area contributed by atoms with E-state index in [0.717, 1.165) is 31.5 Å². The molecule has 0 atom stereocenters. The maximum absolute atomic E-state index is 11.6. The SMILES string of the molecule is CC(=O)N1CCC(c2cc(Nc3cc(C#N)ccn3)nc(OC(C)C)c2)CC1. The van der Waals surface area contributed by atoms with Crippen molar-refractivity contribution in [3.63, 3.8) is 0 Å². The zero-order chi connectivity index (χ0) is 20.1. The van der Waals surface area contributed by atoms with Gasteiger partial charge in [0.1, 0.15) is 11.6 Å². The van der Waals surface area contributed by atoms with Gasteiger partial charge >= 0.3 is 0 Å². The van der Waals surface area contributed by atoms with Crippen molar-refractivity contribution >= 4 is 17.5 Å². The van der Waals surface area contributed by atoms with E-state index in [9.17, 15) is 4.79 Å². The molecule has 1 fully saturated rings. The lowest BCUT2D eigenvalue weighted by Gasteiger charge is -2.31. The van der Waals surface area contributed by atoms with Crippen LogP contribution >= 0.6 is 0 Å². The van der Waals surface area contributed by atoms with Crippen LogP contribution in [0.15, 0.2) is 30.5 Å². The Morgan fingerprint density at radius 2 is 2.04 bits per heavy atom. The second-order valence-corrected chi connectivity index (χ2v) is 7.24. The average molecular weight is 379 g/mol. The molecule has 146 valence electrons. The molecule has 0 radical (unpaired) electrons. The van der Waals surface area contributed by atoms with Crippen LogP contribution in [0.25, 0.3) is 0 Å². The van der Waals surface area contributed by atoms with Crippen LogP contribution in [0, 0.1) is 11.3 Å². The number of carbonyl (C=O) groups is 1. The Morgan fingerprint density at radius 1 is 1.29 bits per heavy atom. The van der Waals surface area contributed by atoms with Crippen molar-refractivity contribution in [2.75, 3.05) is 18.4 Å². The van der Waals surface area contributed by atoms with Crippen molar-refractivity contribution in [1.29, 1.82) is 5.26 Å². The first kappa shape index (κ1) is 19.6. The van der Waals surface area contributed by atoms with Gasteiger partial charge in [-0.25, -0.2) is 4.98 Å². The first-order valence-electron chi connectivity index (χ1n) is 9.52. The second kappa shape index (κ2) is 8.70. The maximum Gasteiger partial charge on any atom is 0.219 e. The first-order valence-corrected chi connectivity index (χ1v) is 9.52. The normalized spacial score (nSPS) is 14.6. The van der Waals surface area contributed by atoms with Crippen molar-refractivity contribution in [3.05, 3.63) is 41.6 Å². The summed E-state index contributed by atoms with van der Waals surface area (Å²) in [6.45, 7) is 7.07. The molecule has 1 amide bonds. The highest BCUT2D eigenvalue weighted by atomic mass is 16.5. The molecule has 0 bridgehead atoms. The predicted molar refractivity (Wildman–Crippen MR) is 106 cm³/mol. The van der Waals surface area contributed by atoms with E-state index in [4.69, 9.17) is 10.00 Å². The molecule has 0 aromatic carbocycles. The van der Waals surface area contributed by atoms with Crippen LogP contribution in [0.1, 0.15) is 50.7 Å². The van der Waals surface area contributed by atoms with Gasteiger partial charge in [-0.1, -0.05) is 0 Å². The van der Waals surface area contributed by atoms with Gasteiger partial charge < -0.3 is 15.0 Å². The number of nitrogens with one attached hydrogen (secondary N) is 1. The molecule has 3 rings (SSSR count). The third-order valence-corrected chi connectivity index (χ3v) is 4.74. The van der Waals surface area contributed by atoms with Crippen LogP contribution in [-0.4, -0.2) is 40.0 Å². The predicted octanol–water partition coefficient (Wildman–Crippen LogP) is 3.60. The van der Waals surface area contributed by atoms with Crippen molar-refractivity contribution in [2.45, 2.75) is 45.6 Å². The van der Waals surface area contributed by atoms with Crippen LogP contribution in [-0.2, 0) is 4.79 Å². The first-order chi connectivity index (χ1) is 13.4. The van der Waals surface area contributed by atoms with E-state index in [-0.39, 0.29) is 12.0 Å². The zero-order valence-electron chi connectivity index (χ0n) is 16.5. The van der Waals surface area contributed by atoms with E-state index < -0.39 is 0 Å². The third kappa shape index (κ3) is 4.97. The van der Waals surface area contributed by atoms with Crippen molar-refractivity contribution < 1.29 is 9.53 Å². The number of nitrogens with zero attached hydrogens (tertiary/aromatic N) is 4. The van der Waals surface area contributed by atoms with Gasteiger partial charge in [0.15, 0.2) is 0 Å². The lowest BCUT2D eigenvalue weighted by molar-refractivity contribution is -0.129. The van der Waals surface area contributed by atoms with E-state index in [1.54, 1.807) is 25.3 Å². The molecule has 1 N–H and O–H groups in total. The number of likely N-dealkylation sites (tertiary alicyclic amines) is 1. The minimum atomic E-state index is 0.00945. The number of pyridine rings is 2. The summed E-state index contributed by atoms with van der Waals surface area (Å²) in [5, 5.41) is 12.3. The molecule has 1 aliphatic heterocycles. The monoisotopic (exact) mass is 379 g/mol. The zero-order valence-corrected chi connectivity index (χ0v) is 16.5. The van der Waals surface area contributed by atoms with Crippen molar-refractivity contribution in [3.8, 4) is 11.9 Å². The van der Waals surface area contributed by atoms with Gasteiger partial charge in [-0.2, -0.15) is 10.2 Å².